The van der Waals surface area contributed by atoms with Gasteiger partial charge in [0.15, 0.2) is 5.16 Å². The highest BCUT2D eigenvalue weighted by molar-refractivity contribution is 7.99. The van der Waals surface area contributed by atoms with Crippen molar-refractivity contribution in [3.8, 4) is 0 Å². The third kappa shape index (κ3) is 2.62. The van der Waals surface area contributed by atoms with Crippen molar-refractivity contribution >= 4 is 17.7 Å². The van der Waals surface area contributed by atoms with Crippen molar-refractivity contribution in [3.05, 3.63) is 5.82 Å². The predicted molar refractivity (Wildman–Crippen MR) is 65.3 cm³/mol. The second-order valence-corrected chi connectivity index (χ2v) is 5.61. The summed E-state index contributed by atoms with van der Waals surface area (Å²) in [4.78, 5) is 10.6. The van der Waals surface area contributed by atoms with Gasteiger partial charge in [0.25, 0.3) is 0 Å². The average molecular weight is 255 g/mol. The first-order valence-electron chi connectivity index (χ1n) is 5.86. The summed E-state index contributed by atoms with van der Waals surface area (Å²) in [5, 5.41) is 17.8. The molecule has 1 heterocycles. The minimum atomic E-state index is -0.817. The highest BCUT2D eigenvalue weighted by Crippen LogP contribution is 2.45. The van der Waals surface area contributed by atoms with Crippen LogP contribution in [-0.2, 0) is 16.8 Å². The zero-order valence-corrected chi connectivity index (χ0v) is 11.0. The Hall–Kier alpha value is -1.04. The van der Waals surface area contributed by atoms with E-state index in [0.29, 0.717) is 0 Å². The van der Waals surface area contributed by atoms with E-state index in [-0.39, 0.29) is 11.3 Å². The third-order valence-corrected chi connectivity index (χ3v) is 3.93. The summed E-state index contributed by atoms with van der Waals surface area (Å²) in [6.07, 6.45) is 4.18. The molecule has 0 unspecified atom stereocenters. The molecule has 1 aromatic heterocycles. The van der Waals surface area contributed by atoms with Gasteiger partial charge in [0.1, 0.15) is 5.82 Å². The number of nitrogens with zero attached hydrogens (tertiary/aromatic N) is 3. The molecular weight excluding hydrogens is 238 g/mol. The Morgan fingerprint density at radius 2 is 2.24 bits per heavy atom. The lowest BCUT2D eigenvalue weighted by atomic mass is 10.2. The van der Waals surface area contributed by atoms with Crippen molar-refractivity contribution in [1.82, 2.24) is 14.8 Å². The summed E-state index contributed by atoms with van der Waals surface area (Å²) >= 11 is 1.26. The van der Waals surface area contributed by atoms with Crippen molar-refractivity contribution < 1.29 is 9.90 Å². The molecule has 0 radical (unpaired) electrons. The Labute approximate surface area is 105 Å². The van der Waals surface area contributed by atoms with Crippen molar-refractivity contribution in [3.63, 3.8) is 0 Å². The molecule has 2 rings (SSSR count). The monoisotopic (exact) mass is 255 g/mol. The number of carboxylic acids is 1. The first-order chi connectivity index (χ1) is 8.07. The number of carboxylic acid groups (broad SMARTS) is 1. The zero-order valence-electron chi connectivity index (χ0n) is 10.1. The van der Waals surface area contributed by atoms with Gasteiger partial charge < -0.3 is 9.67 Å². The van der Waals surface area contributed by atoms with Crippen LogP contribution in [0.5, 0.6) is 0 Å². The molecule has 1 saturated carbocycles. The summed E-state index contributed by atoms with van der Waals surface area (Å²) in [6.45, 7) is 4.29. The molecule has 0 bridgehead atoms. The SMILES string of the molecule is CCCc1nnc(SCC(=O)O)n1C1(C)CC1. The van der Waals surface area contributed by atoms with Crippen molar-refractivity contribution in [2.24, 2.45) is 0 Å². The van der Waals surface area contributed by atoms with Crippen LogP contribution in [0.25, 0.3) is 0 Å². The number of carbonyl (C=O) groups is 1. The largest absolute Gasteiger partial charge is 0.481 e. The number of aryl methyl sites for hydroxylation is 1. The van der Waals surface area contributed by atoms with Gasteiger partial charge in [-0.05, 0) is 26.2 Å². The fraction of sp³-hybridized carbons (Fsp3) is 0.727. The molecule has 0 aromatic carbocycles. The van der Waals surface area contributed by atoms with Crippen molar-refractivity contribution in [1.29, 1.82) is 0 Å². The molecule has 1 aromatic rings. The van der Waals surface area contributed by atoms with Gasteiger partial charge in [0.05, 0.1) is 5.75 Å². The van der Waals surface area contributed by atoms with Crippen LogP contribution in [0.2, 0.25) is 0 Å². The molecule has 1 aliphatic rings. The highest BCUT2D eigenvalue weighted by Gasteiger charge is 2.42. The maximum atomic E-state index is 10.6. The van der Waals surface area contributed by atoms with E-state index < -0.39 is 5.97 Å². The lowest BCUT2D eigenvalue weighted by Gasteiger charge is -2.15. The van der Waals surface area contributed by atoms with Crippen LogP contribution < -0.4 is 0 Å². The number of thioether (sulfide) groups is 1. The predicted octanol–water partition coefficient (Wildman–Crippen LogP) is 1.92. The summed E-state index contributed by atoms with van der Waals surface area (Å²) < 4.78 is 2.14. The highest BCUT2D eigenvalue weighted by atomic mass is 32.2. The summed E-state index contributed by atoms with van der Waals surface area (Å²) in [7, 11) is 0. The number of hydrogen-bond acceptors (Lipinski definition) is 4. The Kier molecular flexibility index (Phi) is 3.42. The molecule has 17 heavy (non-hydrogen) atoms. The Morgan fingerprint density at radius 1 is 1.53 bits per heavy atom. The van der Waals surface area contributed by atoms with E-state index in [1.807, 2.05) is 0 Å². The van der Waals surface area contributed by atoms with E-state index in [4.69, 9.17) is 5.11 Å². The molecule has 0 aliphatic heterocycles. The van der Waals surface area contributed by atoms with Crippen LogP contribution in [0.4, 0.5) is 0 Å². The standard InChI is InChI=1S/C11H17N3O2S/c1-3-4-8-12-13-10(17-7-9(15)16)14(8)11(2)5-6-11/h3-7H2,1-2H3,(H,15,16). The van der Waals surface area contributed by atoms with Crippen LogP contribution in [0.15, 0.2) is 5.16 Å². The Balaban J connectivity index is 2.22. The van der Waals surface area contributed by atoms with Crippen LogP contribution >= 0.6 is 11.8 Å². The van der Waals surface area contributed by atoms with Gasteiger partial charge in [-0.15, -0.1) is 10.2 Å². The Bertz CT molecular complexity index is 426. The second-order valence-electron chi connectivity index (χ2n) is 4.66. The van der Waals surface area contributed by atoms with Gasteiger partial charge in [0, 0.05) is 12.0 Å². The molecule has 0 saturated heterocycles. The first kappa shape index (κ1) is 12.4. The maximum absolute atomic E-state index is 10.6. The molecule has 0 atom stereocenters. The van der Waals surface area contributed by atoms with E-state index in [1.54, 1.807) is 0 Å². The van der Waals surface area contributed by atoms with Gasteiger partial charge in [-0.3, -0.25) is 4.79 Å². The lowest BCUT2D eigenvalue weighted by Crippen LogP contribution is -2.17. The maximum Gasteiger partial charge on any atom is 0.313 e. The molecule has 0 amide bonds. The molecular formula is C11H17N3O2S. The van der Waals surface area contributed by atoms with E-state index >= 15 is 0 Å². The number of rotatable bonds is 6. The molecule has 94 valence electrons. The fourth-order valence-electron chi connectivity index (χ4n) is 1.85. The lowest BCUT2D eigenvalue weighted by molar-refractivity contribution is -0.133. The van der Waals surface area contributed by atoms with Crippen molar-refractivity contribution in [2.45, 2.75) is 50.2 Å². The summed E-state index contributed by atoms with van der Waals surface area (Å²) in [5.41, 5.74) is 0.120. The topological polar surface area (TPSA) is 68.0 Å². The zero-order chi connectivity index (χ0) is 12.5. The van der Waals surface area contributed by atoms with Crippen LogP contribution in [0, 0.1) is 0 Å². The van der Waals surface area contributed by atoms with Gasteiger partial charge in [-0.1, -0.05) is 18.7 Å². The van der Waals surface area contributed by atoms with E-state index in [0.717, 1.165) is 36.7 Å². The minimum absolute atomic E-state index is 0.0420. The smallest absolute Gasteiger partial charge is 0.313 e. The fourth-order valence-corrected chi connectivity index (χ4v) is 2.66. The summed E-state index contributed by atoms with van der Waals surface area (Å²) in [6, 6.07) is 0. The van der Waals surface area contributed by atoms with Crippen LogP contribution in [0.3, 0.4) is 0 Å². The van der Waals surface area contributed by atoms with Crippen LogP contribution in [-0.4, -0.2) is 31.6 Å². The molecule has 5 nitrogen and oxygen atoms in total. The second kappa shape index (κ2) is 4.68. The summed E-state index contributed by atoms with van der Waals surface area (Å²) in [5.74, 6) is 0.211. The molecule has 1 fully saturated rings. The molecule has 0 spiro atoms. The quantitative estimate of drug-likeness (QED) is 0.786. The average Bonchev–Trinajstić information content (AvgIpc) is 2.87. The number of hydrogen-bond donors (Lipinski definition) is 1. The van der Waals surface area contributed by atoms with Gasteiger partial charge in [-0.25, -0.2) is 0 Å². The normalized spacial score (nSPS) is 17.1. The van der Waals surface area contributed by atoms with E-state index in [1.165, 1.54) is 11.8 Å². The number of aromatic nitrogens is 3. The third-order valence-electron chi connectivity index (χ3n) is 3.01. The first-order valence-corrected chi connectivity index (χ1v) is 6.85. The molecule has 6 heteroatoms. The van der Waals surface area contributed by atoms with Gasteiger partial charge >= 0.3 is 5.97 Å². The van der Waals surface area contributed by atoms with E-state index in [2.05, 4.69) is 28.6 Å². The Morgan fingerprint density at radius 3 is 2.76 bits per heavy atom. The molecule has 1 aliphatic carbocycles. The molecule has 1 N–H and O–H groups in total. The van der Waals surface area contributed by atoms with Crippen molar-refractivity contribution in [2.75, 3.05) is 5.75 Å². The van der Waals surface area contributed by atoms with E-state index in [9.17, 15) is 4.79 Å². The number of aliphatic carboxylic acids is 1. The minimum Gasteiger partial charge on any atom is -0.481 e. The van der Waals surface area contributed by atoms with Gasteiger partial charge in [0.2, 0.25) is 0 Å². The van der Waals surface area contributed by atoms with Crippen LogP contribution in [0.1, 0.15) is 38.9 Å². The van der Waals surface area contributed by atoms with Gasteiger partial charge in [-0.2, -0.15) is 0 Å².